The lowest BCUT2D eigenvalue weighted by Gasteiger charge is -2.40. The standard InChI is InChI=1S/C21H30O2/c1-5-23-18(3)14-13-17(2)21(15-9-6-10-16-21)19-11-7-8-12-20(19)22-4/h7-8,11-14H,5-6,9-10,15-16H2,1-4H3/b17-13+,18-14+. The molecule has 1 fully saturated rings. The third-order valence-corrected chi connectivity index (χ3v) is 5.02. The van der Waals surface area contributed by atoms with Gasteiger partial charge in [0.2, 0.25) is 0 Å². The smallest absolute Gasteiger partial charge is 0.122 e. The number of rotatable bonds is 6. The van der Waals surface area contributed by atoms with Crippen molar-refractivity contribution < 1.29 is 9.47 Å². The molecule has 2 heteroatoms. The topological polar surface area (TPSA) is 18.5 Å². The molecular formula is C21H30O2. The van der Waals surface area contributed by atoms with Crippen molar-refractivity contribution in [1.29, 1.82) is 0 Å². The van der Waals surface area contributed by atoms with Crippen LogP contribution in [0.1, 0.15) is 58.4 Å². The first-order chi connectivity index (χ1) is 11.1. The molecule has 2 nitrogen and oxygen atoms in total. The van der Waals surface area contributed by atoms with Crippen molar-refractivity contribution in [1.82, 2.24) is 0 Å². The van der Waals surface area contributed by atoms with Gasteiger partial charge in [0.1, 0.15) is 5.75 Å². The first-order valence-corrected chi connectivity index (χ1v) is 8.76. The molecule has 126 valence electrons. The van der Waals surface area contributed by atoms with E-state index in [1.165, 1.54) is 43.2 Å². The fraction of sp³-hybridized carbons (Fsp3) is 0.524. The van der Waals surface area contributed by atoms with Gasteiger partial charge < -0.3 is 9.47 Å². The lowest BCUT2D eigenvalue weighted by molar-refractivity contribution is 0.231. The Morgan fingerprint density at radius 2 is 1.78 bits per heavy atom. The Hall–Kier alpha value is -1.70. The highest BCUT2D eigenvalue weighted by atomic mass is 16.5. The molecule has 1 aliphatic carbocycles. The van der Waals surface area contributed by atoms with Gasteiger partial charge in [0, 0.05) is 11.0 Å². The summed E-state index contributed by atoms with van der Waals surface area (Å²) in [7, 11) is 1.77. The summed E-state index contributed by atoms with van der Waals surface area (Å²) in [6.07, 6.45) is 10.6. The van der Waals surface area contributed by atoms with Crippen LogP contribution >= 0.6 is 0 Å². The van der Waals surface area contributed by atoms with E-state index < -0.39 is 0 Å². The van der Waals surface area contributed by atoms with E-state index in [2.05, 4.69) is 43.3 Å². The van der Waals surface area contributed by atoms with Crippen LogP contribution in [0.5, 0.6) is 5.75 Å². The Kier molecular flexibility index (Phi) is 6.32. The summed E-state index contributed by atoms with van der Waals surface area (Å²) in [4.78, 5) is 0. The molecule has 1 saturated carbocycles. The summed E-state index contributed by atoms with van der Waals surface area (Å²) >= 11 is 0. The highest BCUT2D eigenvalue weighted by Crippen LogP contribution is 2.48. The number of methoxy groups -OCH3 is 1. The average molecular weight is 314 g/mol. The van der Waals surface area contributed by atoms with Crippen LogP contribution in [0.3, 0.4) is 0 Å². The van der Waals surface area contributed by atoms with E-state index in [0.717, 1.165) is 11.5 Å². The fourth-order valence-corrected chi connectivity index (χ4v) is 3.75. The first kappa shape index (κ1) is 17.7. The van der Waals surface area contributed by atoms with Crippen LogP contribution in [-0.4, -0.2) is 13.7 Å². The molecule has 0 spiro atoms. The van der Waals surface area contributed by atoms with Gasteiger partial charge in [0.15, 0.2) is 0 Å². The van der Waals surface area contributed by atoms with Crippen LogP contribution in [-0.2, 0) is 10.2 Å². The van der Waals surface area contributed by atoms with Gasteiger partial charge >= 0.3 is 0 Å². The molecule has 0 saturated heterocycles. The summed E-state index contributed by atoms with van der Waals surface area (Å²) in [5.74, 6) is 1.98. The van der Waals surface area contributed by atoms with E-state index in [-0.39, 0.29) is 5.41 Å². The van der Waals surface area contributed by atoms with E-state index >= 15 is 0 Å². The van der Waals surface area contributed by atoms with Crippen LogP contribution in [0.15, 0.2) is 47.7 Å². The zero-order valence-corrected chi connectivity index (χ0v) is 15.0. The molecule has 23 heavy (non-hydrogen) atoms. The largest absolute Gasteiger partial charge is 0.499 e. The van der Waals surface area contributed by atoms with Crippen LogP contribution < -0.4 is 4.74 Å². The molecule has 0 unspecified atom stereocenters. The Morgan fingerprint density at radius 3 is 2.43 bits per heavy atom. The van der Waals surface area contributed by atoms with Crippen molar-refractivity contribution in [3.05, 3.63) is 53.3 Å². The lowest BCUT2D eigenvalue weighted by atomic mass is 9.65. The minimum absolute atomic E-state index is 0.0911. The third-order valence-electron chi connectivity index (χ3n) is 5.02. The molecule has 0 amide bonds. The van der Waals surface area contributed by atoms with E-state index in [1.807, 2.05) is 13.8 Å². The molecule has 1 aliphatic rings. The van der Waals surface area contributed by atoms with E-state index in [4.69, 9.17) is 9.47 Å². The van der Waals surface area contributed by atoms with E-state index in [9.17, 15) is 0 Å². The Balaban J connectivity index is 2.43. The van der Waals surface area contributed by atoms with E-state index in [0.29, 0.717) is 6.61 Å². The van der Waals surface area contributed by atoms with Gasteiger partial charge in [0.05, 0.1) is 19.5 Å². The molecule has 0 N–H and O–H groups in total. The third kappa shape index (κ3) is 3.99. The molecule has 1 aromatic carbocycles. The molecule has 0 aliphatic heterocycles. The summed E-state index contributed by atoms with van der Waals surface area (Å²) in [6.45, 7) is 7.01. The molecule has 0 heterocycles. The number of allylic oxidation sites excluding steroid dienone is 4. The van der Waals surface area contributed by atoms with Gasteiger partial charge in [-0.05, 0) is 45.8 Å². The summed E-state index contributed by atoms with van der Waals surface area (Å²) in [6, 6.07) is 8.50. The molecule has 0 bridgehead atoms. The summed E-state index contributed by atoms with van der Waals surface area (Å²) in [5, 5.41) is 0. The highest BCUT2D eigenvalue weighted by Gasteiger charge is 2.37. The lowest BCUT2D eigenvalue weighted by Crippen LogP contribution is -2.31. The summed E-state index contributed by atoms with van der Waals surface area (Å²) < 4.78 is 11.2. The second-order valence-electron chi connectivity index (χ2n) is 6.40. The minimum Gasteiger partial charge on any atom is -0.499 e. The van der Waals surface area contributed by atoms with Crippen molar-refractivity contribution >= 4 is 0 Å². The van der Waals surface area contributed by atoms with Crippen LogP contribution in [0.2, 0.25) is 0 Å². The minimum atomic E-state index is 0.0911. The van der Waals surface area contributed by atoms with Crippen molar-refractivity contribution in [2.24, 2.45) is 0 Å². The zero-order valence-electron chi connectivity index (χ0n) is 15.0. The maximum absolute atomic E-state index is 5.67. The van der Waals surface area contributed by atoms with Crippen molar-refractivity contribution in [3.63, 3.8) is 0 Å². The van der Waals surface area contributed by atoms with Crippen molar-refractivity contribution in [3.8, 4) is 5.75 Å². The first-order valence-electron chi connectivity index (χ1n) is 8.76. The molecule has 2 rings (SSSR count). The number of para-hydroxylation sites is 1. The van der Waals surface area contributed by atoms with Crippen molar-refractivity contribution in [2.75, 3.05) is 13.7 Å². The van der Waals surface area contributed by atoms with Crippen LogP contribution in [0, 0.1) is 0 Å². The molecule has 0 radical (unpaired) electrons. The van der Waals surface area contributed by atoms with Gasteiger partial charge in [-0.2, -0.15) is 0 Å². The quantitative estimate of drug-likeness (QED) is 0.489. The Morgan fingerprint density at radius 1 is 1.09 bits per heavy atom. The number of ether oxygens (including phenoxy) is 2. The van der Waals surface area contributed by atoms with Crippen molar-refractivity contribution in [2.45, 2.75) is 58.3 Å². The Labute approximate surface area is 141 Å². The van der Waals surface area contributed by atoms with Gasteiger partial charge in [0.25, 0.3) is 0 Å². The maximum atomic E-state index is 5.67. The fourth-order valence-electron chi connectivity index (χ4n) is 3.75. The number of hydrogen-bond donors (Lipinski definition) is 0. The highest BCUT2D eigenvalue weighted by molar-refractivity contribution is 5.46. The second-order valence-corrected chi connectivity index (χ2v) is 6.40. The van der Waals surface area contributed by atoms with Gasteiger partial charge in [-0.15, -0.1) is 0 Å². The maximum Gasteiger partial charge on any atom is 0.122 e. The van der Waals surface area contributed by atoms with Gasteiger partial charge in [-0.3, -0.25) is 0 Å². The predicted octanol–water partition coefficient (Wildman–Crippen LogP) is 5.78. The van der Waals surface area contributed by atoms with Crippen LogP contribution in [0.4, 0.5) is 0 Å². The average Bonchev–Trinajstić information content (AvgIpc) is 2.60. The monoisotopic (exact) mass is 314 g/mol. The zero-order chi connectivity index (χ0) is 16.7. The van der Waals surface area contributed by atoms with Crippen LogP contribution in [0.25, 0.3) is 0 Å². The predicted molar refractivity (Wildman–Crippen MR) is 96.9 cm³/mol. The SMILES string of the molecule is CCO/C(C)=C/C=C(\C)C1(c2ccccc2OC)CCCCC1. The normalized spacial score (nSPS) is 18.6. The molecule has 1 aromatic rings. The van der Waals surface area contributed by atoms with Gasteiger partial charge in [-0.25, -0.2) is 0 Å². The Bertz CT molecular complexity index is 563. The number of hydrogen-bond acceptors (Lipinski definition) is 2. The molecule has 0 atom stereocenters. The number of benzene rings is 1. The molecular weight excluding hydrogens is 284 g/mol. The summed E-state index contributed by atoms with van der Waals surface area (Å²) in [5.41, 5.74) is 2.83. The second kappa shape index (κ2) is 8.24. The molecule has 0 aromatic heterocycles. The van der Waals surface area contributed by atoms with E-state index in [1.54, 1.807) is 7.11 Å². The van der Waals surface area contributed by atoms with Gasteiger partial charge in [-0.1, -0.05) is 49.1 Å².